The molecule has 0 saturated carbocycles. The molecule has 0 fully saturated rings. The second-order valence-corrected chi connectivity index (χ2v) is 5.83. The first-order valence-corrected chi connectivity index (χ1v) is 7.79. The Morgan fingerprint density at radius 2 is 1.90 bits per heavy atom. The Balaban J connectivity index is 1.87. The van der Waals surface area contributed by atoms with Crippen LogP contribution in [-0.4, -0.2) is 10.4 Å². The Kier molecular flexibility index (Phi) is 3.76. The normalized spacial score (nSPS) is 10.7. The van der Waals surface area contributed by atoms with Crippen LogP contribution in [-0.2, 0) is 6.42 Å². The van der Waals surface area contributed by atoms with Crippen molar-refractivity contribution in [3.63, 3.8) is 0 Å². The van der Waals surface area contributed by atoms with Gasteiger partial charge in [-0.3, -0.25) is 0 Å². The fourth-order valence-electron chi connectivity index (χ4n) is 2.06. The van der Waals surface area contributed by atoms with Gasteiger partial charge in [-0.25, -0.2) is 4.98 Å². The lowest BCUT2D eigenvalue weighted by Gasteiger charge is -2.07. The van der Waals surface area contributed by atoms with E-state index in [-0.39, 0.29) is 0 Å². The molecule has 2 aromatic carbocycles. The molecule has 20 heavy (non-hydrogen) atoms. The van der Waals surface area contributed by atoms with Crippen molar-refractivity contribution in [3.05, 3.63) is 53.0 Å². The number of hydrogen-bond acceptors (Lipinski definition) is 4. The molecule has 0 saturated heterocycles. The first kappa shape index (κ1) is 13.2. The average molecular weight is 298 g/mol. The lowest BCUT2D eigenvalue weighted by Crippen LogP contribution is -1.90. The minimum absolute atomic E-state index is 0.888. The highest BCUT2D eigenvalue weighted by Gasteiger charge is 2.03. The van der Waals surface area contributed by atoms with E-state index in [9.17, 15) is 0 Å². The maximum Gasteiger partial charge on any atom is 0.128 e. The van der Waals surface area contributed by atoms with E-state index in [2.05, 4.69) is 47.6 Å². The van der Waals surface area contributed by atoms with E-state index in [1.165, 1.54) is 5.56 Å². The van der Waals surface area contributed by atoms with Gasteiger partial charge in [0.15, 0.2) is 0 Å². The highest BCUT2D eigenvalue weighted by molar-refractivity contribution is 7.79. The summed E-state index contributed by atoms with van der Waals surface area (Å²) in [7, 11) is 0. The van der Waals surface area contributed by atoms with Crippen LogP contribution in [0.2, 0.25) is 0 Å². The number of nitrogens with zero attached hydrogens (tertiary/aromatic N) is 1. The Morgan fingerprint density at radius 3 is 2.60 bits per heavy atom. The van der Waals surface area contributed by atoms with Crippen LogP contribution in [0.1, 0.15) is 17.5 Å². The zero-order valence-electron chi connectivity index (χ0n) is 11.1. The molecule has 100 valence electrons. The molecule has 0 aliphatic carbocycles. The topological polar surface area (TPSA) is 24.9 Å². The number of thiazole rings is 1. The Bertz CT molecular complexity index is 745. The fourth-order valence-corrected chi connectivity index (χ4v) is 3.08. The first-order chi connectivity index (χ1) is 9.78. The van der Waals surface area contributed by atoms with E-state index < -0.39 is 0 Å². The number of fused-ring (bicyclic) bond motifs is 1. The van der Waals surface area contributed by atoms with Gasteiger partial charge in [-0.1, -0.05) is 31.3 Å². The van der Waals surface area contributed by atoms with Crippen LogP contribution >= 0.6 is 23.6 Å². The lowest BCUT2D eigenvalue weighted by molar-refractivity contribution is 1.14. The zero-order chi connectivity index (χ0) is 13.9. The maximum absolute atomic E-state index is 4.93. The fraction of sp³-hybridized carbons (Fsp3) is 0.125. The van der Waals surface area contributed by atoms with Crippen molar-refractivity contribution in [2.45, 2.75) is 13.3 Å². The molecular weight excluding hydrogens is 284 g/mol. The summed E-state index contributed by atoms with van der Waals surface area (Å²) in [4.78, 5) is 4.43. The van der Waals surface area contributed by atoms with Gasteiger partial charge in [-0.15, -0.1) is 11.3 Å². The summed E-state index contributed by atoms with van der Waals surface area (Å²) in [5.74, 6) is 0. The molecule has 0 spiro atoms. The van der Waals surface area contributed by atoms with Gasteiger partial charge >= 0.3 is 0 Å². The summed E-state index contributed by atoms with van der Waals surface area (Å²) < 4.78 is 1.15. The van der Waals surface area contributed by atoms with E-state index in [1.54, 1.807) is 16.7 Å². The molecule has 1 N–H and O–H groups in total. The number of anilines is 2. The number of rotatable bonds is 4. The molecule has 2 nitrogen and oxygen atoms in total. The first-order valence-electron chi connectivity index (χ1n) is 6.50. The van der Waals surface area contributed by atoms with Crippen LogP contribution < -0.4 is 5.32 Å². The predicted octanol–water partition coefficient (Wildman–Crippen LogP) is 4.95. The number of benzene rings is 2. The molecule has 0 aliphatic heterocycles. The standard InChI is InChI=1S/C16H14N2S2/c1-2-11-3-5-12(6-4-11)17-13-7-8-14-15(9-13)20-16(10-19)18-14/h3-10,17H,2H2,1H3. The van der Waals surface area contributed by atoms with Crippen molar-refractivity contribution in [3.8, 4) is 0 Å². The predicted molar refractivity (Wildman–Crippen MR) is 91.5 cm³/mol. The van der Waals surface area contributed by atoms with Crippen LogP contribution in [0.25, 0.3) is 10.2 Å². The summed E-state index contributed by atoms with van der Waals surface area (Å²) in [5.41, 5.74) is 4.51. The summed E-state index contributed by atoms with van der Waals surface area (Å²) in [6.45, 7) is 2.16. The molecule has 3 rings (SSSR count). The van der Waals surface area contributed by atoms with E-state index in [0.29, 0.717) is 0 Å². The molecule has 0 unspecified atom stereocenters. The van der Waals surface area contributed by atoms with Gasteiger partial charge in [0.25, 0.3) is 0 Å². The summed E-state index contributed by atoms with van der Waals surface area (Å²) in [6, 6.07) is 14.7. The van der Waals surface area contributed by atoms with Crippen molar-refractivity contribution < 1.29 is 0 Å². The van der Waals surface area contributed by atoms with Crippen LogP contribution in [0.3, 0.4) is 0 Å². The highest BCUT2D eigenvalue weighted by atomic mass is 32.1. The van der Waals surface area contributed by atoms with E-state index in [4.69, 9.17) is 12.2 Å². The third-order valence-electron chi connectivity index (χ3n) is 3.16. The molecule has 0 atom stereocenters. The van der Waals surface area contributed by atoms with Gasteiger partial charge in [0.05, 0.1) is 10.2 Å². The molecule has 0 amide bonds. The molecule has 4 heteroatoms. The van der Waals surface area contributed by atoms with Crippen LogP contribution in [0.5, 0.6) is 0 Å². The van der Waals surface area contributed by atoms with Gasteiger partial charge in [-0.05, 0) is 42.3 Å². The largest absolute Gasteiger partial charge is 0.355 e. The number of thiocarbonyl (C=S) groups is 1. The quantitative estimate of drug-likeness (QED) is 0.690. The van der Waals surface area contributed by atoms with Crippen LogP contribution in [0.15, 0.2) is 42.5 Å². The summed E-state index contributed by atoms with van der Waals surface area (Å²) in [5, 5.41) is 5.93. The van der Waals surface area contributed by atoms with Crippen molar-refractivity contribution >= 4 is 50.5 Å². The second-order valence-electron chi connectivity index (χ2n) is 4.53. The van der Waals surface area contributed by atoms with Gasteiger partial charge in [0.2, 0.25) is 0 Å². The molecule has 0 aliphatic rings. The zero-order valence-corrected chi connectivity index (χ0v) is 12.7. The molecule has 3 aromatic rings. The Labute approximate surface area is 127 Å². The molecular formula is C16H14N2S2. The van der Waals surface area contributed by atoms with Crippen molar-refractivity contribution in [2.75, 3.05) is 5.32 Å². The van der Waals surface area contributed by atoms with E-state index in [1.807, 2.05) is 12.1 Å². The highest BCUT2D eigenvalue weighted by Crippen LogP contribution is 2.26. The third kappa shape index (κ3) is 2.71. The molecule has 0 radical (unpaired) electrons. The maximum atomic E-state index is 4.93. The van der Waals surface area contributed by atoms with Gasteiger partial charge in [-0.2, -0.15) is 0 Å². The SMILES string of the molecule is CCc1ccc(Nc2ccc3nc(C=S)sc3c2)cc1. The smallest absolute Gasteiger partial charge is 0.128 e. The van der Waals surface area contributed by atoms with Crippen LogP contribution in [0.4, 0.5) is 11.4 Å². The Morgan fingerprint density at radius 1 is 1.15 bits per heavy atom. The Hall–Kier alpha value is -1.78. The number of hydrogen-bond donors (Lipinski definition) is 1. The van der Waals surface area contributed by atoms with E-state index >= 15 is 0 Å². The summed E-state index contributed by atoms with van der Waals surface area (Å²) >= 11 is 6.55. The van der Waals surface area contributed by atoms with Gasteiger partial charge in [0.1, 0.15) is 5.01 Å². The molecule has 1 aromatic heterocycles. The van der Waals surface area contributed by atoms with Gasteiger partial charge < -0.3 is 5.32 Å². The number of aromatic nitrogens is 1. The molecule has 0 bridgehead atoms. The third-order valence-corrected chi connectivity index (χ3v) is 4.49. The van der Waals surface area contributed by atoms with E-state index in [0.717, 1.165) is 33.0 Å². The molecule has 1 heterocycles. The van der Waals surface area contributed by atoms with Crippen molar-refractivity contribution in [1.29, 1.82) is 0 Å². The van der Waals surface area contributed by atoms with Gasteiger partial charge in [0, 0.05) is 16.7 Å². The summed E-state index contributed by atoms with van der Waals surface area (Å²) in [6.07, 6.45) is 1.06. The monoisotopic (exact) mass is 298 g/mol. The second kappa shape index (κ2) is 5.69. The lowest BCUT2D eigenvalue weighted by atomic mass is 10.1. The minimum atomic E-state index is 0.888. The van der Waals surface area contributed by atoms with Crippen molar-refractivity contribution in [1.82, 2.24) is 4.98 Å². The van der Waals surface area contributed by atoms with Crippen LogP contribution in [0, 0.1) is 0 Å². The average Bonchev–Trinajstić information content (AvgIpc) is 2.90. The number of nitrogens with one attached hydrogen (secondary N) is 1. The minimum Gasteiger partial charge on any atom is -0.355 e. The number of aryl methyl sites for hydroxylation is 1. The van der Waals surface area contributed by atoms with Crippen molar-refractivity contribution in [2.24, 2.45) is 0 Å².